The van der Waals surface area contributed by atoms with Crippen LogP contribution >= 0.6 is 27.5 Å². The molecular weight excluding hydrogens is 358 g/mol. The third-order valence-corrected chi connectivity index (χ3v) is 3.65. The van der Waals surface area contributed by atoms with Gasteiger partial charge in [-0.25, -0.2) is 0 Å². The third-order valence-electron chi connectivity index (χ3n) is 2.83. The van der Waals surface area contributed by atoms with E-state index in [0.717, 1.165) is 4.47 Å². The van der Waals surface area contributed by atoms with Gasteiger partial charge in [0.15, 0.2) is 0 Å². The van der Waals surface area contributed by atoms with Crippen LogP contribution < -0.4 is 14.8 Å². The van der Waals surface area contributed by atoms with Crippen molar-refractivity contribution < 1.29 is 14.3 Å². The lowest BCUT2D eigenvalue weighted by Crippen LogP contribution is -2.13. The number of amides is 1. The zero-order valence-electron chi connectivity index (χ0n) is 11.4. The lowest BCUT2D eigenvalue weighted by atomic mass is 10.2. The molecule has 0 atom stereocenters. The summed E-state index contributed by atoms with van der Waals surface area (Å²) in [6.07, 6.45) is 0. The molecule has 0 aromatic heterocycles. The molecule has 0 fully saturated rings. The van der Waals surface area contributed by atoms with Crippen LogP contribution in [0.25, 0.3) is 0 Å². The Labute approximate surface area is 136 Å². The summed E-state index contributed by atoms with van der Waals surface area (Å²) in [5, 5.41) is 3.18. The predicted octanol–water partition coefficient (Wildman–Crippen LogP) is 4.37. The maximum Gasteiger partial charge on any atom is 0.259 e. The monoisotopic (exact) mass is 369 g/mol. The smallest absolute Gasteiger partial charge is 0.259 e. The van der Waals surface area contributed by atoms with Gasteiger partial charge in [0.25, 0.3) is 5.91 Å². The van der Waals surface area contributed by atoms with E-state index in [-0.39, 0.29) is 5.91 Å². The van der Waals surface area contributed by atoms with E-state index in [1.807, 2.05) is 0 Å². The van der Waals surface area contributed by atoms with Crippen LogP contribution in [0.3, 0.4) is 0 Å². The molecule has 0 saturated carbocycles. The van der Waals surface area contributed by atoms with Crippen molar-refractivity contribution in [3.63, 3.8) is 0 Å². The zero-order chi connectivity index (χ0) is 15.4. The summed E-state index contributed by atoms with van der Waals surface area (Å²) < 4.78 is 11.2. The molecule has 0 aliphatic rings. The second-order valence-corrected chi connectivity index (χ2v) is 5.47. The van der Waals surface area contributed by atoms with Crippen molar-refractivity contribution >= 4 is 39.1 Å². The Morgan fingerprint density at radius 3 is 2.57 bits per heavy atom. The van der Waals surface area contributed by atoms with Gasteiger partial charge < -0.3 is 14.8 Å². The van der Waals surface area contributed by atoms with E-state index < -0.39 is 0 Å². The van der Waals surface area contributed by atoms with E-state index in [2.05, 4.69) is 21.2 Å². The van der Waals surface area contributed by atoms with Crippen LogP contribution in [0.4, 0.5) is 5.69 Å². The average Bonchev–Trinajstić information content (AvgIpc) is 2.49. The van der Waals surface area contributed by atoms with Crippen molar-refractivity contribution in [2.45, 2.75) is 0 Å². The molecule has 0 spiro atoms. The lowest BCUT2D eigenvalue weighted by molar-refractivity contribution is 0.102. The first-order valence-corrected chi connectivity index (χ1v) is 7.20. The van der Waals surface area contributed by atoms with E-state index in [9.17, 15) is 4.79 Å². The summed E-state index contributed by atoms with van der Waals surface area (Å²) in [6, 6.07) is 10.2. The second-order valence-electron chi connectivity index (χ2n) is 4.14. The maximum absolute atomic E-state index is 12.4. The molecule has 0 aliphatic carbocycles. The molecule has 0 heterocycles. The molecule has 21 heavy (non-hydrogen) atoms. The fourth-order valence-electron chi connectivity index (χ4n) is 1.77. The number of halogens is 2. The highest BCUT2D eigenvalue weighted by molar-refractivity contribution is 9.10. The molecular formula is C15H13BrClNO3. The molecule has 0 aliphatic heterocycles. The highest BCUT2D eigenvalue weighted by atomic mass is 79.9. The quantitative estimate of drug-likeness (QED) is 0.869. The number of anilines is 1. The minimum Gasteiger partial charge on any atom is -0.497 e. The van der Waals surface area contributed by atoms with Crippen molar-refractivity contribution in [2.75, 3.05) is 19.5 Å². The van der Waals surface area contributed by atoms with Gasteiger partial charge >= 0.3 is 0 Å². The molecule has 0 bridgehead atoms. The van der Waals surface area contributed by atoms with Crippen LogP contribution in [-0.2, 0) is 0 Å². The second kappa shape index (κ2) is 6.83. The van der Waals surface area contributed by atoms with Gasteiger partial charge in [-0.3, -0.25) is 4.79 Å². The Bertz CT molecular complexity index is 676. The Morgan fingerprint density at radius 2 is 1.90 bits per heavy atom. The van der Waals surface area contributed by atoms with Gasteiger partial charge in [-0.05, 0) is 30.3 Å². The summed E-state index contributed by atoms with van der Waals surface area (Å²) in [7, 11) is 3.06. The van der Waals surface area contributed by atoms with Crippen LogP contribution in [0.1, 0.15) is 10.4 Å². The first-order chi connectivity index (χ1) is 10.0. The molecule has 1 amide bonds. The minimum atomic E-state index is -0.311. The number of carbonyl (C=O) groups excluding carboxylic acids is 1. The van der Waals surface area contributed by atoms with E-state index in [4.69, 9.17) is 21.1 Å². The van der Waals surface area contributed by atoms with Crippen LogP contribution in [0.15, 0.2) is 40.9 Å². The highest BCUT2D eigenvalue weighted by Gasteiger charge is 2.14. The largest absolute Gasteiger partial charge is 0.497 e. The van der Waals surface area contributed by atoms with Crippen molar-refractivity contribution in [2.24, 2.45) is 0 Å². The van der Waals surface area contributed by atoms with E-state index in [0.29, 0.717) is 27.8 Å². The summed E-state index contributed by atoms with van der Waals surface area (Å²) in [5.74, 6) is 0.771. The number of ether oxygens (including phenoxy) is 2. The lowest BCUT2D eigenvalue weighted by Gasteiger charge is -2.11. The van der Waals surface area contributed by atoms with Crippen LogP contribution in [-0.4, -0.2) is 20.1 Å². The summed E-state index contributed by atoms with van der Waals surface area (Å²) in [6.45, 7) is 0. The van der Waals surface area contributed by atoms with Gasteiger partial charge in [-0.2, -0.15) is 0 Å². The summed E-state index contributed by atoms with van der Waals surface area (Å²) >= 11 is 9.41. The Kier molecular flexibility index (Phi) is 5.09. The molecule has 0 unspecified atom stereocenters. The van der Waals surface area contributed by atoms with Crippen molar-refractivity contribution in [3.05, 3.63) is 51.5 Å². The summed E-state index contributed by atoms with van der Waals surface area (Å²) in [5.41, 5.74) is 0.894. The molecule has 2 rings (SSSR count). The molecule has 4 nitrogen and oxygen atoms in total. The van der Waals surface area contributed by atoms with Crippen LogP contribution in [0.5, 0.6) is 11.5 Å². The standard InChI is InChI=1S/C15H13BrClNO3/c1-20-10-4-6-12(17)13(8-10)18-15(19)11-5-3-9(16)7-14(11)21-2/h3-8H,1-2H3,(H,18,19). The predicted molar refractivity (Wildman–Crippen MR) is 86.7 cm³/mol. The fourth-order valence-corrected chi connectivity index (χ4v) is 2.27. The highest BCUT2D eigenvalue weighted by Crippen LogP contribution is 2.29. The van der Waals surface area contributed by atoms with E-state index in [1.165, 1.54) is 7.11 Å². The topological polar surface area (TPSA) is 47.6 Å². The van der Waals surface area contributed by atoms with Gasteiger partial charge in [-0.1, -0.05) is 27.5 Å². The number of hydrogen-bond acceptors (Lipinski definition) is 3. The summed E-state index contributed by atoms with van der Waals surface area (Å²) in [4.78, 5) is 12.4. The first kappa shape index (κ1) is 15.7. The molecule has 110 valence electrons. The first-order valence-electron chi connectivity index (χ1n) is 6.03. The normalized spacial score (nSPS) is 10.1. The molecule has 2 aromatic rings. The Morgan fingerprint density at radius 1 is 1.14 bits per heavy atom. The Balaban J connectivity index is 2.30. The fraction of sp³-hybridized carbons (Fsp3) is 0.133. The van der Waals surface area contributed by atoms with E-state index in [1.54, 1.807) is 43.5 Å². The SMILES string of the molecule is COc1ccc(Cl)c(NC(=O)c2ccc(Br)cc2OC)c1. The van der Waals surface area contributed by atoms with Gasteiger partial charge in [0.1, 0.15) is 11.5 Å². The van der Waals surface area contributed by atoms with Crippen LogP contribution in [0, 0.1) is 0 Å². The number of benzene rings is 2. The number of nitrogens with one attached hydrogen (secondary N) is 1. The average molecular weight is 371 g/mol. The zero-order valence-corrected chi connectivity index (χ0v) is 13.8. The molecule has 6 heteroatoms. The number of carbonyl (C=O) groups is 1. The van der Waals surface area contributed by atoms with Gasteiger partial charge in [0.2, 0.25) is 0 Å². The number of methoxy groups -OCH3 is 2. The maximum atomic E-state index is 12.4. The third kappa shape index (κ3) is 3.68. The van der Waals surface area contributed by atoms with Gasteiger partial charge in [-0.15, -0.1) is 0 Å². The molecule has 0 radical (unpaired) electrons. The number of rotatable bonds is 4. The Hall–Kier alpha value is -1.72. The van der Waals surface area contributed by atoms with E-state index >= 15 is 0 Å². The van der Waals surface area contributed by atoms with Gasteiger partial charge in [0.05, 0.1) is 30.5 Å². The van der Waals surface area contributed by atoms with Gasteiger partial charge in [0, 0.05) is 10.5 Å². The molecule has 1 N–H and O–H groups in total. The minimum absolute atomic E-state index is 0.311. The number of hydrogen-bond donors (Lipinski definition) is 1. The van der Waals surface area contributed by atoms with Crippen molar-refractivity contribution in [1.82, 2.24) is 0 Å². The van der Waals surface area contributed by atoms with Crippen molar-refractivity contribution in [1.29, 1.82) is 0 Å². The molecule has 0 saturated heterocycles. The van der Waals surface area contributed by atoms with Crippen LogP contribution in [0.2, 0.25) is 5.02 Å². The molecule has 2 aromatic carbocycles. The van der Waals surface area contributed by atoms with Crippen molar-refractivity contribution in [3.8, 4) is 11.5 Å².